The van der Waals surface area contributed by atoms with Crippen LogP contribution in [0.5, 0.6) is 0 Å². The lowest BCUT2D eigenvalue weighted by Crippen LogP contribution is -2.44. The topological polar surface area (TPSA) is 38.3 Å². The second-order valence-corrected chi connectivity index (χ2v) is 7.46. The van der Waals surface area contributed by atoms with Crippen LogP contribution in [0.1, 0.15) is 24.0 Å². The van der Waals surface area contributed by atoms with E-state index in [-0.39, 0.29) is 11.3 Å². The fourth-order valence-corrected chi connectivity index (χ4v) is 3.73. The molecule has 3 nitrogen and oxygen atoms in total. The summed E-state index contributed by atoms with van der Waals surface area (Å²) in [6, 6.07) is 18.6. The molecular formula is C22H25NO2S. The lowest BCUT2D eigenvalue weighted by molar-refractivity contribution is -0.116. The first-order valence-corrected chi connectivity index (χ1v) is 10.2. The maximum Gasteiger partial charge on any atom is 0.244 e. The van der Waals surface area contributed by atoms with E-state index in [1.54, 1.807) is 17.8 Å². The maximum absolute atomic E-state index is 12.3. The van der Waals surface area contributed by atoms with Crippen molar-refractivity contribution in [2.45, 2.75) is 23.2 Å². The van der Waals surface area contributed by atoms with Gasteiger partial charge in [-0.05, 0) is 48.4 Å². The van der Waals surface area contributed by atoms with Crippen molar-refractivity contribution in [1.29, 1.82) is 0 Å². The molecule has 0 atom stereocenters. The molecule has 2 aromatic rings. The normalized spacial score (nSPS) is 16.5. The highest BCUT2D eigenvalue weighted by Gasteiger charge is 2.34. The van der Waals surface area contributed by atoms with Gasteiger partial charge in [-0.1, -0.05) is 42.5 Å². The predicted octanol–water partition coefficient (Wildman–Crippen LogP) is 4.29. The van der Waals surface area contributed by atoms with Crippen molar-refractivity contribution in [2.75, 3.05) is 26.0 Å². The van der Waals surface area contributed by atoms with E-state index in [1.807, 2.05) is 24.3 Å². The van der Waals surface area contributed by atoms with Crippen molar-refractivity contribution in [2.24, 2.45) is 0 Å². The van der Waals surface area contributed by atoms with Gasteiger partial charge in [0.25, 0.3) is 0 Å². The largest absolute Gasteiger partial charge is 0.381 e. The molecular weight excluding hydrogens is 342 g/mol. The Kier molecular flexibility index (Phi) is 6.53. The van der Waals surface area contributed by atoms with Crippen molar-refractivity contribution < 1.29 is 9.53 Å². The fourth-order valence-electron chi connectivity index (χ4n) is 3.32. The number of hydrogen-bond donors (Lipinski definition) is 1. The quantitative estimate of drug-likeness (QED) is 0.611. The van der Waals surface area contributed by atoms with E-state index in [2.05, 4.69) is 48.0 Å². The molecule has 1 aliphatic rings. The van der Waals surface area contributed by atoms with Gasteiger partial charge in [0.15, 0.2) is 0 Å². The second-order valence-electron chi connectivity index (χ2n) is 6.58. The lowest BCUT2D eigenvalue weighted by Gasteiger charge is -2.37. The SMILES string of the molecule is CSc1ccc(C=CC(=O)NCC2(c3ccccc3)CCOCC2)cc1. The third-order valence-corrected chi connectivity index (χ3v) is 5.72. The van der Waals surface area contributed by atoms with Crippen LogP contribution in [0.4, 0.5) is 0 Å². The van der Waals surface area contributed by atoms with Gasteiger partial charge in [-0.25, -0.2) is 0 Å². The smallest absolute Gasteiger partial charge is 0.244 e. The average molecular weight is 368 g/mol. The number of amides is 1. The molecule has 1 aliphatic heterocycles. The molecule has 1 fully saturated rings. The van der Waals surface area contributed by atoms with Crippen LogP contribution in [0.3, 0.4) is 0 Å². The van der Waals surface area contributed by atoms with Crippen LogP contribution in [0, 0.1) is 0 Å². The number of carbonyl (C=O) groups excluding carboxylic acids is 1. The second kappa shape index (κ2) is 9.06. The highest BCUT2D eigenvalue weighted by atomic mass is 32.2. The van der Waals surface area contributed by atoms with Crippen LogP contribution in [-0.4, -0.2) is 31.9 Å². The number of carbonyl (C=O) groups is 1. The average Bonchev–Trinajstić information content (AvgIpc) is 2.72. The molecule has 0 spiro atoms. The molecule has 1 amide bonds. The molecule has 0 radical (unpaired) electrons. The zero-order chi connectivity index (χ0) is 18.2. The number of nitrogens with one attached hydrogen (secondary N) is 1. The summed E-state index contributed by atoms with van der Waals surface area (Å²) in [5.41, 5.74) is 2.27. The minimum Gasteiger partial charge on any atom is -0.381 e. The number of benzene rings is 2. The molecule has 0 bridgehead atoms. The molecule has 2 aromatic carbocycles. The van der Waals surface area contributed by atoms with E-state index >= 15 is 0 Å². The Morgan fingerprint density at radius 1 is 1.12 bits per heavy atom. The van der Waals surface area contributed by atoms with E-state index in [0.717, 1.165) is 31.6 Å². The Morgan fingerprint density at radius 2 is 1.81 bits per heavy atom. The van der Waals surface area contributed by atoms with Crippen molar-refractivity contribution in [1.82, 2.24) is 5.32 Å². The van der Waals surface area contributed by atoms with Crippen LogP contribution in [0.15, 0.2) is 65.6 Å². The molecule has 0 saturated carbocycles. The number of ether oxygens (including phenoxy) is 1. The van der Waals surface area contributed by atoms with Gasteiger partial charge in [0.05, 0.1) is 0 Å². The van der Waals surface area contributed by atoms with Crippen LogP contribution in [0.2, 0.25) is 0 Å². The van der Waals surface area contributed by atoms with Crippen molar-refractivity contribution in [3.63, 3.8) is 0 Å². The number of thioether (sulfide) groups is 1. The van der Waals surface area contributed by atoms with Gasteiger partial charge < -0.3 is 10.1 Å². The summed E-state index contributed by atoms with van der Waals surface area (Å²) in [5.74, 6) is -0.0549. The third kappa shape index (κ3) is 4.77. The summed E-state index contributed by atoms with van der Waals surface area (Å²) in [4.78, 5) is 13.5. The Morgan fingerprint density at radius 3 is 2.46 bits per heavy atom. The summed E-state index contributed by atoms with van der Waals surface area (Å²) < 4.78 is 5.55. The summed E-state index contributed by atoms with van der Waals surface area (Å²) >= 11 is 1.71. The summed E-state index contributed by atoms with van der Waals surface area (Å²) in [6.07, 6.45) is 7.39. The monoisotopic (exact) mass is 367 g/mol. The first-order chi connectivity index (χ1) is 12.7. The molecule has 1 N–H and O–H groups in total. The molecule has 3 rings (SSSR count). The standard InChI is InChI=1S/C22H25NO2S/c1-26-20-10-7-18(8-11-20)9-12-21(24)23-17-22(13-15-25-16-14-22)19-5-3-2-4-6-19/h2-12H,13-17H2,1H3,(H,23,24). The summed E-state index contributed by atoms with van der Waals surface area (Å²) in [7, 11) is 0. The molecule has 1 heterocycles. The molecule has 0 aromatic heterocycles. The van der Waals surface area contributed by atoms with Gasteiger partial charge in [-0.3, -0.25) is 4.79 Å². The molecule has 1 saturated heterocycles. The van der Waals surface area contributed by atoms with Gasteiger partial charge in [0, 0.05) is 36.1 Å². The summed E-state index contributed by atoms with van der Waals surface area (Å²) in [5, 5.41) is 3.10. The minimum absolute atomic E-state index is 0.0387. The molecule has 0 unspecified atom stereocenters. The zero-order valence-electron chi connectivity index (χ0n) is 15.1. The van der Waals surface area contributed by atoms with E-state index < -0.39 is 0 Å². The third-order valence-electron chi connectivity index (χ3n) is 4.98. The van der Waals surface area contributed by atoms with E-state index in [1.165, 1.54) is 10.5 Å². The van der Waals surface area contributed by atoms with Crippen LogP contribution in [-0.2, 0) is 14.9 Å². The molecule has 4 heteroatoms. The zero-order valence-corrected chi connectivity index (χ0v) is 15.9. The van der Waals surface area contributed by atoms with Crippen molar-refractivity contribution in [3.8, 4) is 0 Å². The number of rotatable bonds is 6. The van der Waals surface area contributed by atoms with Crippen molar-refractivity contribution in [3.05, 3.63) is 71.8 Å². The van der Waals surface area contributed by atoms with E-state index in [4.69, 9.17) is 4.74 Å². The Labute approximate surface area is 159 Å². The first-order valence-electron chi connectivity index (χ1n) is 8.95. The molecule has 136 valence electrons. The lowest BCUT2D eigenvalue weighted by atomic mass is 9.74. The van der Waals surface area contributed by atoms with Gasteiger partial charge in [-0.15, -0.1) is 11.8 Å². The summed E-state index contributed by atoms with van der Waals surface area (Å²) in [6.45, 7) is 2.11. The Bertz CT molecular complexity index is 734. The van der Waals surface area contributed by atoms with Crippen LogP contribution in [0.25, 0.3) is 6.08 Å². The highest BCUT2D eigenvalue weighted by molar-refractivity contribution is 7.98. The first kappa shape index (κ1) is 18.7. The minimum atomic E-state index is -0.0549. The van der Waals surface area contributed by atoms with E-state index in [9.17, 15) is 4.79 Å². The predicted molar refractivity (Wildman–Crippen MR) is 108 cm³/mol. The van der Waals surface area contributed by atoms with Crippen LogP contribution >= 0.6 is 11.8 Å². The van der Waals surface area contributed by atoms with Gasteiger partial charge in [0.1, 0.15) is 0 Å². The van der Waals surface area contributed by atoms with Gasteiger partial charge in [-0.2, -0.15) is 0 Å². The number of hydrogen-bond acceptors (Lipinski definition) is 3. The molecule has 0 aliphatic carbocycles. The van der Waals surface area contributed by atoms with Gasteiger partial charge in [0.2, 0.25) is 5.91 Å². The maximum atomic E-state index is 12.3. The molecule has 26 heavy (non-hydrogen) atoms. The Balaban J connectivity index is 1.63. The van der Waals surface area contributed by atoms with E-state index in [0.29, 0.717) is 6.54 Å². The Hall–Kier alpha value is -2.04. The van der Waals surface area contributed by atoms with Crippen molar-refractivity contribution >= 4 is 23.7 Å². The van der Waals surface area contributed by atoms with Crippen LogP contribution < -0.4 is 5.32 Å². The fraction of sp³-hybridized carbons (Fsp3) is 0.318. The van der Waals surface area contributed by atoms with Gasteiger partial charge >= 0.3 is 0 Å². The highest BCUT2D eigenvalue weighted by Crippen LogP contribution is 2.34.